The van der Waals surface area contributed by atoms with Crippen LogP contribution in [0.5, 0.6) is 0 Å². The SMILES string of the molecule is Cc1ccc2cc(C(=O)NC3CCN(Cc4cccc(C(F)(F)F)c4)CC3)[nH]c2c1. The van der Waals surface area contributed by atoms with E-state index in [1.807, 2.05) is 31.2 Å². The third kappa shape index (κ3) is 4.67. The molecule has 7 heteroatoms. The number of hydrogen-bond donors (Lipinski definition) is 2. The van der Waals surface area contributed by atoms with Gasteiger partial charge in [-0.05, 0) is 49.1 Å². The second kappa shape index (κ2) is 8.14. The van der Waals surface area contributed by atoms with E-state index in [2.05, 4.69) is 15.2 Å². The highest BCUT2D eigenvalue weighted by Crippen LogP contribution is 2.30. The molecule has 0 bridgehead atoms. The fourth-order valence-corrected chi connectivity index (χ4v) is 3.97. The number of nitrogens with zero attached hydrogens (tertiary/aromatic N) is 1. The predicted octanol–water partition coefficient (Wildman–Crippen LogP) is 4.89. The molecule has 1 fully saturated rings. The van der Waals surface area contributed by atoms with Crippen molar-refractivity contribution in [3.8, 4) is 0 Å². The van der Waals surface area contributed by atoms with Crippen LogP contribution in [0.15, 0.2) is 48.5 Å². The molecule has 0 radical (unpaired) electrons. The Labute approximate surface area is 173 Å². The second-order valence-corrected chi connectivity index (χ2v) is 8.00. The summed E-state index contributed by atoms with van der Waals surface area (Å²) in [4.78, 5) is 17.9. The van der Waals surface area contributed by atoms with Crippen LogP contribution in [0.2, 0.25) is 0 Å². The van der Waals surface area contributed by atoms with Crippen molar-refractivity contribution in [2.24, 2.45) is 0 Å². The third-order valence-corrected chi connectivity index (χ3v) is 5.61. The van der Waals surface area contributed by atoms with E-state index in [0.29, 0.717) is 17.8 Å². The normalized spacial score (nSPS) is 16.1. The number of alkyl halides is 3. The molecular formula is C23H24F3N3O. The minimum Gasteiger partial charge on any atom is -0.351 e. The van der Waals surface area contributed by atoms with Gasteiger partial charge in [0, 0.05) is 36.6 Å². The molecule has 1 aliphatic rings. The molecule has 1 aliphatic heterocycles. The number of aromatic amines is 1. The van der Waals surface area contributed by atoms with Crippen LogP contribution in [0.1, 0.15) is 40.0 Å². The molecule has 2 heterocycles. The standard InChI is InChI=1S/C23H24F3N3O/c1-15-5-6-17-13-21(28-20(17)11-15)22(30)27-19-7-9-29(10-8-19)14-16-3-2-4-18(12-16)23(24,25)26/h2-6,11-13,19,28H,7-10,14H2,1H3,(H,27,30). The number of amides is 1. The number of carbonyl (C=O) groups excluding carboxylic acids is 1. The number of carbonyl (C=O) groups is 1. The number of piperidine rings is 1. The lowest BCUT2D eigenvalue weighted by Crippen LogP contribution is -2.44. The molecule has 0 atom stereocenters. The van der Waals surface area contributed by atoms with E-state index in [9.17, 15) is 18.0 Å². The first-order valence-electron chi connectivity index (χ1n) is 10.1. The van der Waals surface area contributed by atoms with Crippen LogP contribution in [0.4, 0.5) is 13.2 Å². The summed E-state index contributed by atoms with van der Waals surface area (Å²) in [6.45, 7) is 3.94. The zero-order valence-electron chi connectivity index (χ0n) is 16.7. The van der Waals surface area contributed by atoms with Gasteiger partial charge in [-0.15, -0.1) is 0 Å². The molecule has 2 aromatic carbocycles. The molecule has 1 saturated heterocycles. The first-order chi connectivity index (χ1) is 14.3. The summed E-state index contributed by atoms with van der Waals surface area (Å²) < 4.78 is 38.7. The average molecular weight is 415 g/mol. The van der Waals surface area contributed by atoms with Crippen LogP contribution in [0.3, 0.4) is 0 Å². The van der Waals surface area contributed by atoms with Gasteiger partial charge in [-0.2, -0.15) is 13.2 Å². The largest absolute Gasteiger partial charge is 0.416 e. The Balaban J connectivity index is 1.31. The number of benzene rings is 2. The minimum atomic E-state index is -4.32. The zero-order chi connectivity index (χ0) is 21.3. The molecule has 0 saturated carbocycles. The lowest BCUT2D eigenvalue weighted by Gasteiger charge is -2.32. The van der Waals surface area contributed by atoms with Crippen LogP contribution in [0, 0.1) is 6.92 Å². The van der Waals surface area contributed by atoms with Gasteiger partial charge in [0.05, 0.1) is 5.56 Å². The Kier molecular flexibility index (Phi) is 5.56. The third-order valence-electron chi connectivity index (χ3n) is 5.61. The van der Waals surface area contributed by atoms with Crippen LogP contribution < -0.4 is 5.32 Å². The van der Waals surface area contributed by atoms with Gasteiger partial charge in [-0.1, -0.05) is 30.3 Å². The van der Waals surface area contributed by atoms with Gasteiger partial charge in [0.1, 0.15) is 5.69 Å². The summed E-state index contributed by atoms with van der Waals surface area (Å²) in [5.41, 5.74) is 2.65. The van der Waals surface area contributed by atoms with Crippen LogP contribution in [0.25, 0.3) is 10.9 Å². The van der Waals surface area contributed by atoms with Gasteiger partial charge in [0.2, 0.25) is 0 Å². The number of aromatic nitrogens is 1. The first kappa shape index (κ1) is 20.5. The highest BCUT2D eigenvalue weighted by atomic mass is 19.4. The van der Waals surface area contributed by atoms with Gasteiger partial charge in [0.25, 0.3) is 5.91 Å². The second-order valence-electron chi connectivity index (χ2n) is 8.00. The monoisotopic (exact) mass is 415 g/mol. The van der Waals surface area contributed by atoms with Crippen molar-refractivity contribution >= 4 is 16.8 Å². The molecule has 3 aromatic rings. The summed E-state index contributed by atoms with van der Waals surface area (Å²) in [5, 5.41) is 4.08. The molecule has 2 N–H and O–H groups in total. The molecular weight excluding hydrogens is 391 g/mol. The van der Waals surface area contributed by atoms with E-state index in [-0.39, 0.29) is 11.9 Å². The molecule has 30 heavy (non-hydrogen) atoms. The molecule has 0 aliphatic carbocycles. The molecule has 1 aromatic heterocycles. The average Bonchev–Trinajstić information content (AvgIpc) is 3.12. The quantitative estimate of drug-likeness (QED) is 0.638. The lowest BCUT2D eigenvalue weighted by atomic mass is 10.0. The van der Waals surface area contributed by atoms with E-state index >= 15 is 0 Å². The van der Waals surface area contributed by atoms with Gasteiger partial charge in [0.15, 0.2) is 0 Å². The van der Waals surface area contributed by atoms with Crippen molar-refractivity contribution in [2.45, 2.75) is 38.5 Å². The maximum atomic E-state index is 12.9. The van der Waals surface area contributed by atoms with E-state index in [1.54, 1.807) is 6.07 Å². The molecule has 1 amide bonds. The van der Waals surface area contributed by atoms with Crippen molar-refractivity contribution in [1.82, 2.24) is 15.2 Å². The van der Waals surface area contributed by atoms with Crippen molar-refractivity contribution in [3.05, 3.63) is 70.9 Å². The van der Waals surface area contributed by atoms with Gasteiger partial charge >= 0.3 is 6.18 Å². The van der Waals surface area contributed by atoms with E-state index in [1.165, 1.54) is 12.1 Å². The van der Waals surface area contributed by atoms with Gasteiger partial charge < -0.3 is 10.3 Å². The van der Waals surface area contributed by atoms with E-state index < -0.39 is 11.7 Å². The number of nitrogens with one attached hydrogen (secondary N) is 2. The molecule has 4 rings (SSSR count). The number of rotatable bonds is 4. The predicted molar refractivity (Wildman–Crippen MR) is 110 cm³/mol. The Bertz CT molecular complexity index is 1050. The maximum Gasteiger partial charge on any atom is 0.416 e. The fourth-order valence-electron chi connectivity index (χ4n) is 3.97. The molecule has 0 spiro atoms. The Morgan fingerprint density at radius 2 is 1.90 bits per heavy atom. The number of aryl methyl sites for hydroxylation is 1. The van der Waals surface area contributed by atoms with Crippen molar-refractivity contribution in [3.63, 3.8) is 0 Å². The maximum absolute atomic E-state index is 12.9. The summed E-state index contributed by atoms with van der Waals surface area (Å²) in [7, 11) is 0. The number of halogens is 3. The summed E-state index contributed by atoms with van der Waals surface area (Å²) >= 11 is 0. The smallest absolute Gasteiger partial charge is 0.351 e. The Hall–Kier alpha value is -2.80. The van der Waals surface area contributed by atoms with Crippen molar-refractivity contribution in [2.75, 3.05) is 13.1 Å². The zero-order valence-corrected chi connectivity index (χ0v) is 16.7. The number of hydrogen-bond acceptors (Lipinski definition) is 2. The minimum absolute atomic E-state index is 0.0587. The van der Waals surface area contributed by atoms with E-state index in [0.717, 1.165) is 48.5 Å². The molecule has 0 unspecified atom stereocenters. The van der Waals surface area contributed by atoms with E-state index in [4.69, 9.17) is 0 Å². The topological polar surface area (TPSA) is 48.1 Å². The first-order valence-corrected chi connectivity index (χ1v) is 10.1. The van der Waals surface area contributed by atoms with Crippen molar-refractivity contribution in [1.29, 1.82) is 0 Å². The lowest BCUT2D eigenvalue weighted by molar-refractivity contribution is -0.137. The molecule has 158 valence electrons. The highest BCUT2D eigenvalue weighted by molar-refractivity contribution is 5.98. The van der Waals surface area contributed by atoms with Gasteiger partial charge in [-0.3, -0.25) is 9.69 Å². The van der Waals surface area contributed by atoms with Crippen molar-refractivity contribution < 1.29 is 18.0 Å². The summed E-state index contributed by atoms with van der Waals surface area (Å²) in [5.74, 6) is -0.125. The fraction of sp³-hybridized carbons (Fsp3) is 0.348. The number of likely N-dealkylation sites (tertiary alicyclic amines) is 1. The Morgan fingerprint density at radius 1 is 1.13 bits per heavy atom. The van der Waals surface area contributed by atoms with Crippen LogP contribution >= 0.6 is 0 Å². The highest BCUT2D eigenvalue weighted by Gasteiger charge is 2.30. The number of fused-ring (bicyclic) bond motifs is 1. The number of H-pyrrole nitrogens is 1. The van der Waals surface area contributed by atoms with Crippen LogP contribution in [-0.2, 0) is 12.7 Å². The van der Waals surface area contributed by atoms with Crippen LogP contribution in [-0.4, -0.2) is 34.9 Å². The van der Waals surface area contributed by atoms with Gasteiger partial charge in [-0.25, -0.2) is 0 Å². The molecule has 4 nitrogen and oxygen atoms in total. The summed E-state index contributed by atoms with van der Waals surface area (Å²) in [6.07, 6.45) is -2.79. The Morgan fingerprint density at radius 3 is 2.63 bits per heavy atom. The summed E-state index contributed by atoms with van der Waals surface area (Å²) in [6, 6.07) is 13.4.